The normalized spacial score (nSPS) is 13.0. The van der Waals surface area contributed by atoms with Crippen molar-refractivity contribution in [2.75, 3.05) is 6.54 Å². The summed E-state index contributed by atoms with van der Waals surface area (Å²) in [5.41, 5.74) is 0.954. The van der Waals surface area contributed by atoms with E-state index in [0.29, 0.717) is 11.0 Å². The third kappa shape index (κ3) is 6.78. The van der Waals surface area contributed by atoms with Gasteiger partial charge in [0, 0.05) is 5.54 Å². The molecule has 0 heterocycles. The van der Waals surface area contributed by atoms with Crippen LogP contribution in [0.4, 0.5) is 0 Å². The van der Waals surface area contributed by atoms with Crippen LogP contribution in [-0.2, 0) is 0 Å². The zero-order chi connectivity index (χ0) is 14.1. The van der Waals surface area contributed by atoms with Gasteiger partial charge in [-0.3, -0.25) is 0 Å². The molecule has 0 saturated heterocycles. The topological polar surface area (TPSA) is 12.0 Å². The molecule has 1 heteroatoms. The second-order valence-corrected chi connectivity index (χ2v) is 6.52. The van der Waals surface area contributed by atoms with Gasteiger partial charge < -0.3 is 5.32 Å². The van der Waals surface area contributed by atoms with Crippen LogP contribution in [0.15, 0.2) is 0 Å². The van der Waals surface area contributed by atoms with Gasteiger partial charge in [0.15, 0.2) is 0 Å². The molecule has 0 aromatic heterocycles. The van der Waals surface area contributed by atoms with E-state index in [1.165, 1.54) is 57.9 Å². The van der Waals surface area contributed by atoms with Gasteiger partial charge in [0.2, 0.25) is 0 Å². The largest absolute Gasteiger partial charge is 0.312 e. The summed E-state index contributed by atoms with van der Waals surface area (Å²) in [5.74, 6) is 0. The summed E-state index contributed by atoms with van der Waals surface area (Å²) in [5, 5.41) is 3.72. The maximum atomic E-state index is 3.72. The molecule has 0 aromatic rings. The first-order valence-electron chi connectivity index (χ1n) is 8.20. The maximum absolute atomic E-state index is 3.72. The van der Waals surface area contributed by atoms with Crippen molar-refractivity contribution in [1.82, 2.24) is 5.32 Å². The highest BCUT2D eigenvalue weighted by atomic mass is 15.0. The van der Waals surface area contributed by atoms with Crippen molar-refractivity contribution in [2.24, 2.45) is 5.41 Å². The molecule has 0 unspecified atom stereocenters. The fourth-order valence-electron chi connectivity index (χ4n) is 2.35. The summed E-state index contributed by atoms with van der Waals surface area (Å²) >= 11 is 0. The van der Waals surface area contributed by atoms with E-state index < -0.39 is 0 Å². The lowest BCUT2D eigenvalue weighted by Gasteiger charge is -2.29. The lowest BCUT2D eigenvalue weighted by molar-refractivity contribution is 0.260. The standard InChI is InChI=1S/C17H37N/c1-7-16(5,8-2)14-12-11-13-15-18-17(6,9-3)10-4/h18H,7-15H2,1-6H3. The average molecular weight is 255 g/mol. The number of rotatable bonds is 11. The first kappa shape index (κ1) is 18.0. The SMILES string of the molecule is CCC(C)(CC)CCCCCNC(C)(CC)CC. The zero-order valence-corrected chi connectivity index (χ0v) is 13.9. The van der Waals surface area contributed by atoms with E-state index in [2.05, 4.69) is 46.9 Å². The fourth-order valence-corrected chi connectivity index (χ4v) is 2.35. The lowest BCUT2D eigenvalue weighted by atomic mass is 9.80. The van der Waals surface area contributed by atoms with Gasteiger partial charge in [-0.15, -0.1) is 0 Å². The van der Waals surface area contributed by atoms with E-state index in [1.54, 1.807) is 0 Å². The summed E-state index contributed by atoms with van der Waals surface area (Å²) in [6, 6.07) is 0. The molecular formula is C17H37N. The van der Waals surface area contributed by atoms with Gasteiger partial charge in [0.05, 0.1) is 0 Å². The molecule has 0 spiro atoms. The van der Waals surface area contributed by atoms with E-state index >= 15 is 0 Å². The van der Waals surface area contributed by atoms with Crippen molar-refractivity contribution in [2.45, 2.75) is 98.4 Å². The number of nitrogens with one attached hydrogen (secondary N) is 1. The highest BCUT2D eigenvalue weighted by Crippen LogP contribution is 2.31. The highest BCUT2D eigenvalue weighted by Gasteiger charge is 2.19. The van der Waals surface area contributed by atoms with Crippen molar-refractivity contribution in [3.8, 4) is 0 Å². The molecule has 0 aliphatic carbocycles. The smallest absolute Gasteiger partial charge is 0.0148 e. The Morgan fingerprint density at radius 3 is 1.72 bits per heavy atom. The van der Waals surface area contributed by atoms with Crippen molar-refractivity contribution in [3.05, 3.63) is 0 Å². The molecule has 0 aliphatic rings. The molecule has 0 bridgehead atoms. The second-order valence-electron chi connectivity index (χ2n) is 6.52. The molecule has 0 rings (SSSR count). The molecule has 1 nitrogen and oxygen atoms in total. The van der Waals surface area contributed by atoms with Crippen LogP contribution in [0.3, 0.4) is 0 Å². The minimum atomic E-state index is 0.362. The minimum absolute atomic E-state index is 0.362. The Morgan fingerprint density at radius 2 is 1.28 bits per heavy atom. The molecule has 18 heavy (non-hydrogen) atoms. The Hall–Kier alpha value is -0.0400. The van der Waals surface area contributed by atoms with Crippen molar-refractivity contribution >= 4 is 0 Å². The molecule has 110 valence electrons. The Labute approximate surface area is 116 Å². The van der Waals surface area contributed by atoms with Crippen LogP contribution in [0, 0.1) is 5.41 Å². The predicted molar refractivity (Wildman–Crippen MR) is 84.1 cm³/mol. The van der Waals surface area contributed by atoms with Crippen LogP contribution in [0.1, 0.15) is 92.9 Å². The summed E-state index contributed by atoms with van der Waals surface area (Å²) in [6.45, 7) is 15.2. The van der Waals surface area contributed by atoms with Crippen LogP contribution < -0.4 is 5.32 Å². The molecule has 0 radical (unpaired) electrons. The molecule has 0 fully saturated rings. The average Bonchev–Trinajstić information content (AvgIpc) is 2.42. The van der Waals surface area contributed by atoms with Crippen LogP contribution in [0.2, 0.25) is 0 Å². The van der Waals surface area contributed by atoms with Crippen molar-refractivity contribution < 1.29 is 0 Å². The minimum Gasteiger partial charge on any atom is -0.312 e. The van der Waals surface area contributed by atoms with Crippen LogP contribution in [0.5, 0.6) is 0 Å². The van der Waals surface area contributed by atoms with Gasteiger partial charge in [-0.1, -0.05) is 60.3 Å². The van der Waals surface area contributed by atoms with E-state index in [1.807, 2.05) is 0 Å². The Balaban J connectivity index is 3.63. The van der Waals surface area contributed by atoms with Gasteiger partial charge in [0.25, 0.3) is 0 Å². The Morgan fingerprint density at radius 1 is 0.722 bits per heavy atom. The second kappa shape index (κ2) is 8.96. The van der Waals surface area contributed by atoms with Crippen LogP contribution >= 0.6 is 0 Å². The van der Waals surface area contributed by atoms with Gasteiger partial charge in [-0.05, 0) is 44.6 Å². The summed E-state index contributed by atoms with van der Waals surface area (Å²) in [4.78, 5) is 0. The lowest BCUT2D eigenvalue weighted by Crippen LogP contribution is -2.41. The van der Waals surface area contributed by atoms with E-state index in [-0.39, 0.29) is 0 Å². The third-order valence-electron chi connectivity index (χ3n) is 5.28. The fraction of sp³-hybridized carbons (Fsp3) is 1.00. The van der Waals surface area contributed by atoms with Gasteiger partial charge in [0.1, 0.15) is 0 Å². The summed E-state index contributed by atoms with van der Waals surface area (Å²) in [6.07, 6.45) is 10.6. The molecule has 1 N–H and O–H groups in total. The van der Waals surface area contributed by atoms with E-state index in [9.17, 15) is 0 Å². The van der Waals surface area contributed by atoms with E-state index in [4.69, 9.17) is 0 Å². The number of unbranched alkanes of at least 4 members (excludes halogenated alkanes) is 2. The van der Waals surface area contributed by atoms with Crippen LogP contribution in [0.25, 0.3) is 0 Å². The molecular weight excluding hydrogens is 218 g/mol. The predicted octanol–water partition coefficient (Wildman–Crippen LogP) is 5.54. The zero-order valence-electron chi connectivity index (χ0n) is 13.9. The van der Waals surface area contributed by atoms with Crippen molar-refractivity contribution in [1.29, 1.82) is 0 Å². The number of hydrogen-bond acceptors (Lipinski definition) is 1. The van der Waals surface area contributed by atoms with Crippen LogP contribution in [-0.4, -0.2) is 12.1 Å². The third-order valence-corrected chi connectivity index (χ3v) is 5.28. The molecule has 0 aromatic carbocycles. The molecule has 0 saturated carbocycles. The molecule has 0 aliphatic heterocycles. The Kier molecular flexibility index (Phi) is 8.94. The summed E-state index contributed by atoms with van der Waals surface area (Å²) in [7, 11) is 0. The van der Waals surface area contributed by atoms with Crippen molar-refractivity contribution in [3.63, 3.8) is 0 Å². The first-order chi connectivity index (χ1) is 8.45. The quantitative estimate of drug-likeness (QED) is 0.478. The monoisotopic (exact) mass is 255 g/mol. The highest BCUT2D eigenvalue weighted by molar-refractivity contribution is 4.79. The van der Waals surface area contributed by atoms with Gasteiger partial charge in [-0.25, -0.2) is 0 Å². The van der Waals surface area contributed by atoms with Gasteiger partial charge >= 0.3 is 0 Å². The molecule has 0 amide bonds. The maximum Gasteiger partial charge on any atom is 0.0148 e. The summed E-state index contributed by atoms with van der Waals surface area (Å²) < 4.78 is 0. The number of hydrogen-bond donors (Lipinski definition) is 1. The Bertz CT molecular complexity index is 168. The van der Waals surface area contributed by atoms with Gasteiger partial charge in [-0.2, -0.15) is 0 Å². The first-order valence-corrected chi connectivity index (χ1v) is 8.20. The molecule has 0 atom stereocenters. The van der Waals surface area contributed by atoms with E-state index in [0.717, 1.165) is 0 Å².